The fourth-order valence-corrected chi connectivity index (χ4v) is 15.1. The van der Waals surface area contributed by atoms with Crippen LogP contribution in [0, 0.1) is 20.8 Å². The molecule has 0 bridgehead atoms. The highest BCUT2D eigenvalue weighted by Gasteiger charge is 2.23. The standard InChI is InChI=1S/2C12H15NO.C12H15NS.2C11H14N2O.C11H14N2S.2C11H13NO.C11H13NS.10CH4/c1-8-13-10-7-9(12(2,3)4)5-6-11(10)14-8;2*1-8-13-10-6-5-9(12(2,3)4)7-11(10)14-8;1-11(2,3)7-4-5-9-8(6-7)13-10(12)14-9;2*1-11(2,3)7-4-5-8-9(6-7)14-10(12)13-8;1-11(2,3)8-4-5-10-9(6-8)12-7-13-10;2*1-11(2,3)8-4-5-9-10(6-8)13-7-12-9;;;;;;;;;;/h3*5-7H,1-4H3;3*4-6H,1-3H3,(H2,12,13);3*4-7H,1-3H3;10*1H4. The fourth-order valence-electron chi connectivity index (χ4n) is 12.7. The predicted octanol–water partition coefficient (Wildman–Crippen LogP) is 35.6. The third-order valence-corrected chi connectivity index (χ3v) is 23.1. The number of oxazole rings is 6. The molecule has 0 aliphatic rings. The summed E-state index contributed by atoms with van der Waals surface area (Å²) < 4.78 is 35.6. The van der Waals surface area contributed by atoms with Crippen LogP contribution in [-0.4, -0.2) is 44.9 Å². The number of aromatic nitrogens is 9. The Labute approximate surface area is 811 Å². The molecule has 6 N–H and O–H groups in total. The van der Waals surface area contributed by atoms with Crippen molar-refractivity contribution in [2.75, 3.05) is 17.2 Å². The van der Waals surface area contributed by atoms with E-state index in [0.717, 1.165) is 99.9 Å². The smallest absolute Gasteiger partial charge is 0.292 e. The third-order valence-electron chi connectivity index (χ3n) is 20.5. The molecular formula is C112H166N12O6S3. The molecule has 0 fully saturated rings. The Morgan fingerprint density at radius 3 is 0.962 bits per heavy atom. The molecule has 18 aromatic rings. The van der Waals surface area contributed by atoms with Gasteiger partial charge in [0.15, 0.2) is 63.2 Å². The van der Waals surface area contributed by atoms with Crippen LogP contribution < -0.4 is 17.2 Å². The fraction of sp³-hybridized carbons (Fsp3) is 0.438. The minimum absolute atomic E-state index is 0. The first kappa shape index (κ1) is 122. The number of rotatable bonds is 0. The zero-order chi connectivity index (χ0) is 90.5. The van der Waals surface area contributed by atoms with Gasteiger partial charge in [-0.2, -0.15) is 9.97 Å². The van der Waals surface area contributed by atoms with Gasteiger partial charge in [-0.1, -0.05) is 327 Å². The number of benzene rings is 9. The van der Waals surface area contributed by atoms with Crippen LogP contribution in [0.3, 0.4) is 0 Å². The molecule has 21 heteroatoms. The summed E-state index contributed by atoms with van der Waals surface area (Å²) in [6, 6.07) is 56.6. The van der Waals surface area contributed by atoms with Crippen molar-refractivity contribution in [1.82, 2.24) is 44.9 Å². The second-order valence-corrected chi connectivity index (χ2v) is 43.5. The highest BCUT2D eigenvalue weighted by molar-refractivity contribution is 7.22. The summed E-state index contributed by atoms with van der Waals surface area (Å²) in [6.07, 6.45) is 2.97. The first-order chi connectivity index (χ1) is 57.0. The molecule has 728 valence electrons. The molecule has 0 radical (unpaired) electrons. The maximum absolute atomic E-state index is 5.66. The van der Waals surface area contributed by atoms with E-state index >= 15 is 0 Å². The predicted molar refractivity (Wildman–Crippen MR) is 586 cm³/mol. The molecular weight excluding hydrogens is 1710 g/mol. The lowest BCUT2D eigenvalue weighted by atomic mass is 9.87. The van der Waals surface area contributed by atoms with Crippen molar-refractivity contribution < 1.29 is 26.5 Å². The second kappa shape index (κ2) is 48.2. The van der Waals surface area contributed by atoms with Crippen molar-refractivity contribution in [3.63, 3.8) is 0 Å². The molecule has 0 saturated carbocycles. The maximum Gasteiger partial charge on any atom is 0.292 e. The summed E-state index contributed by atoms with van der Waals surface area (Å²) in [6.45, 7) is 65.1. The average Bonchev–Trinajstić information content (AvgIpc) is 1.69. The molecule has 18 nitrogen and oxygen atoms in total. The lowest BCUT2D eigenvalue weighted by Gasteiger charge is -2.18. The second-order valence-electron chi connectivity index (χ2n) is 40.3. The van der Waals surface area contributed by atoms with E-state index in [9.17, 15) is 0 Å². The first-order valence-electron chi connectivity index (χ1n) is 41.7. The third kappa shape index (κ3) is 33.5. The van der Waals surface area contributed by atoms with E-state index < -0.39 is 0 Å². The van der Waals surface area contributed by atoms with Crippen molar-refractivity contribution >= 4 is 148 Å². The van der Waals surface area contributed by atoms with Crippen molar-refractivity contribution in [3.8, 4) is 0 Å². The van der Waals surface area contributed by atoms with Gasteiger partial charge in [0.25, 0.3) is 12.0 Å². The Morgan fingerprint density at radius 1 is 0.233 bits per heavy atom. The number of anilines is 3. The molecule has 9 aromatic carbocycles. The SMILES string of the molecule is C.C.C.C.C.C.C.C.C.C.CC(C)(C)c1ccc2nc(N)oc2c1.CC(C)(C)c1ccc2nc(N)sc2c1.CC(C)(C)c1ccc2ncoc2c1.CC(C)(C)c1ccc2ncsc2c1.CC(C)(C)c1ccc2oc(N)nc2c1.CC(C)(C)c1ccc2ocnc2c1.Cc1nc2cc(C(C)(C)C)ccc2o1.Cc1nc2ccc(C(C)(C)C)cc2o1.Cc1nc2ccc(C(C)(C)C)cc2s1. The van der Waals surface area contributed by atoms with Crippen LogP contribution in [0.2, 0.25) is 0 Å². The summed E-state index contributed by atoms with van der Waals surface area (Å²) in [5, 5.41) is 1.79. The maximum atomic E-state index is 5.66. The molecule has 0 atom stereocenters. The van der Waals surface area contributed by atoms with Crippen LogP contribution in [0.25, 0.3) is 97.2 Å². The molecule has 0 saturated heterocycles. The monoisotopic (exact) mass is 1870 g/mol. The van der Waals surface area contributed by atoms with Gasteiger partial charge in [-0.3, -0.25) is 0 Å². The normalized spacial score (nSPS) is 11.3. The Hall–Kier alpha value is -11.1. The summed E-state index contributed by atoms with van der Waals surface area (Å²) >= 11 is 5.03. The van der Waals surface area contributed by atoms with Crippen LogP contribution in [0.4, 0.5) is 17.2 Å². The molecule has 0 aliphatic heterocycles. The number of nitrogen functional groups attached to an aromatic ring is 3. The van der Waals surface area contributed by atoms with E-state index in [1.807, 2.05) is 80.0 Å². The lowest BCUT2D eigenvalue weighted by Crippen LogP contribution is -2.10. The van der Waals surface area contributed by atoms with Gasteiger partial charge in [-0.05, 0) is 215 Å². The molecule has 9 aromatic heterocycles. The average molecular weight is 1870 g/mol. The van der Waals surface area contributed by atoms with E-state index in [1.165, 1.54) is 77.0 Å². The van der Waals surface area contributed by atoms with Gasteiger partial charge in [0.05, 0.1) is 41.2 Å². The largest absolute Gasteiger partial charge is 0.443 e. The molecule has 0 unspecified atom stereocenters. The van der Waals surface area contributed by atoms with Crippen molar-refractivity contribution in [2.45, 2.75) is 331 Å². The van der Waals surface area contributed by atoms with E-state index in [4.69, 9.17) is 43.7 Å². The van der Waals surface area contributed by atoms with E-state index in [2.05, 4.69) is 342 Å². The Kier molecular flexibility index (Phi) is 44.1. The van der Waals surface area contributed by atoms with E-state index in [-0.39, 0.29) is 135 Å². The van der Waals surface area contributed by atoms with Gasteiger partial charge in [-0.15, -0.1) is 22.7 Å². The Bertz CT molecular complexity index is 5680. The summed E-state index contributed by atoms with van der Waals surface area (Å²) in [7, 11) is 0. The Morgan fingerprint density at radius 2 is 0.519 bits per heavy atom. The number of nitrogens with two attached hydrogens (primary N) is 3. The topological polar surface area (TPSA) is 273 Å². The number of hydrogen-bond donors (Lipinski definition) is 3. The zero-order valence-corrected chi connectivity index (χ0v) is 80.2. The molecule has 9 heterocycles. The van der Waals surface area contributed by atoms with E-state index in [1.54, 1.807) is 34.0 Å². The van der Waals surface area contributed by atoms with Crippen molar-refractivity contribution in [1.29, 1.82) is 0 Å². The van der Waals surface area contributed by atoms with Crippen molar-refractivity contribution in [2.24, 2.45) is 0 Å². The summed E-state index contributed by atoms with van der Waals surface area (Å²) in [4.78, 5) is 37.9. The molecule has 0 spiro atoms. The minimum atomic E-state index is 0. The van der Waals surface area contributed by atoms with Gasteiger partial charge >= 0.3 is 0 Å². The quantitative estimate of drug-likeness (QED) is 0.127. The summed E-state index contributed by atoms with van der Waals surface area (Å²) in [5.74, 6) is 1.46. The van der Waals surface area contributed by atoms with Gasteiger partial charge < -0.3 is 43.7 Å². The van der Waals surface area contributed by atoms with E-state index in [0.29, 0.717) is 5.13 Å². The van der Waals surface area contributed by atoms with Crippen LogP contribution in [0.15, 0.2) is 209 Å². The van der Waals surface area contributed by atoms with Gasteiger partial charge in [0.1, 0.15) is 33.1 Å². The lowest BCUT2D eigenvalue weighted by molar-refractivity contribution is 0.555. The first-order valence-corrected chi connectivity index (χ1v) is 44.2. The van der Waals surface area contributed by atoms with Crippen LogP contribution in [0.1, 0.15) is 328 Å². The van der Waals surface area contributed by atoms with Crippen LogP contribution >= 0.6 is 34.0 Å². The number of nitrogens with zero attached hydrogens (tertiary/aromatic N) is 9. The molecule has 18 rings (SSSR count). The Balaban J connectivity index is 0.00000146. The number of fused-ring (bicyclic) bond motifs is 9. The molecule has 133 heavy (non-hydrogen) atoms. The summed E-state index contributed by atoms with van der Waals surface area (Å²) in [5.41, 5.74) is 45.4. The highest BCUT2D eigenvalue weighted by atomic mass is 32.1. The van der Waals surface area contributed by atoms with Crippen molar-refractivity contribution in [3.05, 3.63) is 249 Å². The van der Waals surface area contributed by atoms with Crippen LogP contribution in [-0.2, 0) is 48.7 Å². The zero-order valence-electron chi connectivity index (χ0n) is 77.8. The van der Waals surface area contributed by atoms with Gasteiger partial charge in [-0.25, -0.2) is 34.9 Å². The number of aryl methyl sites for hydroxylation is 3. The molecule has 0 amide bonds. The molecule has 0 aliphatic carbocycles. The van der Waals surface area contributed by atoms with Crippen LogP contribution in [0.5, 0.6) is 0 Å². The highest BCUT2D eigenvalue weighted by Crippen LogP contribution is 2.36. The van der Waals surface area contributed by atoms with Gasteiger partial charge in [0, 0.05) is 13.8 Å². The van der Waals surface area contributed by atoms with Gasteiger partial charge in [0.2, 0.25) is 0 Å². The number of thiazole rings is 3. The minimum Gasteiger partial charge on any atom is -0.443 e. The number of hydrogen-bond acceptors (Lipinski definition) is 21.